The highest BCUT2D eigenvalue weighted by atomic mass is 35.5. The van der Waals surface area contributed by atoms with Gasteiger partial charge in [-0.2, -0.15) is 13.2 Å². The lowest BCUT2D eigenvalue weighted by Crippen LogP contribution is -2.50. The molecule has 0 spiro atoms. The molecule has 2 aromatic rings. The second-order valence-electron chi connectivity index (χ2n) is 16.6. The average molecular weight is 887 g/mol. The monoisotopic (exact) mass is 886 g/mol. The van der Waals surface area contributed by atoms with E-state index in [1.165, 1.54) is 4.90 Å². The van der Waals surface area contributed by atoms with Gasteiger partial charge in [0, 0.05) is 49.4 Å². The Labute approximate surface area is 347 Å². The van der Waals surface area contributed by atoms with Crippen LogP contribution < -0.4 is 20.1 Å². The lowest BCUT2D eigenvalue weighted by molar-refractivity contribution is -0.163. The predicted octanol–water partition coefficient (Wildman–Crippen LogP) is 5.94. The van der Waals surface area contributed by atoms with E-state index in [-0.39, 0.29) is 49.5 Å². The molecule has 20 heteroatoms. The highest BCUT2D eigenvalue weighted by molar-refractivity contribution is 7.91. The van der Waals surface area contributed by atoms with Gasteiger partial charge < -0.3 is 20.4 Å². The molecule has 4 N–H and O–H groups in total. The molecular formula is C39H50ClF3N6O8S2. The number of amides is 6. The van der Waals surface area contributed by atoms with Crippen molar-refractivity contribution >= 4 is 66.9 Å². The van der Waals surface area contributed by atoms with Crippen molar-refractivity contribution in [2.24, 2.45) is 5.92 Å². The van der Waals surface area contributed by atoms with Gasteiger partial charge in [0.25, 0.3) is 0 Å². The van der Waals surface area contributed by atoms with E-state index < -0.39 is 74.2 Å². The average Bonchev–Trinajstić information content (AvgIpc) is 3.76. The number of sulfonamides is 2. The zero-order valence-corrected chi connectivity index (χ0v) is 35.7. The molecule has 2 fully saturated rings. The van der Waals surface area contributed by atoms with Crippen molar-refractivity contribution in [1.82, 2.24) is 19.2 Å². The number of carbonyl (C=O) groups is 4. The maximum Gasteiger partial charge on any atom is 0.406 e. The summed E-state index contributed by atoms with van der Waals surface area (Å²) >= 11 is 6.62. The molecule has 0 radical (unpaired) electrons. The fourth-order valence-corrected chi connectivity index (χ4v) is 11.6. The van der Waals surface area contributed by atoms with E-state index in [1.54, 1.807) is 19.2 Å². The largest absolute Gasteiger partial charge is 0.406 e. The molecule has 6 amide bonds. The minimum Gasteiger partial charge on any atom is -0.346 e. The highest BCUT2D eigenvalue weighted by Gasteiger charge is 2.41. The number of benzene rings is 2. The Morgan fingerprint density at radius 2 is 1.39 bits per heavy atom. The van der Waals surface area contributed by atoms with Gasteiger partial charge in [0.15, 0.2) is 0 Å². The maximum absolute atomic E-state index is 13.4. The molecule has 59 heavy (non-hydrogen) atoms. The standard InChI is InChI=1S/C39H50ClF3N6O8S2/c1-21(2)30-16-26(40)17-31(36(30)45-38(53)47-58(54,55)27-8-10-48(4)33(50)18-27)22(3)12-23-13-25-15-24-6-5-7-29(24)35(32(25)14-23)44-37(52)46-59(56,57)28-9-11-49(34(51)19-28)20-39(41,42)43/h15-17,21-23,27-28H,5-14,18-20H2,1-4H3,(H2,44,46,52)(H2,45,47,53). The third-order valence-corrected chi connectivity index (χ3v) is 15.6. The fraction of sp³-hybridized carbons (Fsp3) is 0.590. The lowest BCUT2D eigenvalue weighted by atomic mass is 9.85. The molecular weight excluding hydrogens is 837 g/mol. The summed E-state index contributed by atoms with van der Waals surface area (Å²) in [6.07, 6.45) is -1.52. The van der Waals surface area contributed by atoms with Crippen molar-refractivity contribution in [3.63, 3.8) is 0 Å². The van der Waals surface area contributed by atoms with Crippen LogP contribution in [0.4, 0.5) is 34.1 Å². The number of urea groups is 2. The number of rotatable bonds is 11. The second kappa shape index (κ2) is 17.1. The molecule has 6 rings (SSSR count). The molecule has 2 heterocycles. The Hall–Kier alpha value is -4.10. The summed E-state index contributed by atoms with van der Waals surface area (Å²) in [6.45, 7) is 4.21. The molecule has 4 atom stereocenters. The first-order valence-corrected chi connectivity index (χ1v) is 23.2. The van der Waals surface area contributed by atoms with Crippen LogP contribution in [0.5, 0.6) is 0 Å². The van der Waals surface area contributed by atoms with Gasteiger partial charge in [0.2, 0.25) is 31.9 Å². The first kappa shape index (κ1) is 44.5. The maximum atomic E-state index is 13.4. The van der Waals surface area contributed by atoms with Crippen molar-refractivity contribution in [1.29, 1.82) is 0 Å². The number of anilines is 2. The van der Waals surface area contributed by atoms with Gasteiger partial charge in [-0.1, -0.05) is 38.4 Å². The number of likely N-dealkylation sites (tertiary alicyclic amines) is 2. The Bertz CT molecular complexity index is 2260. The van der Waals surface area contributed by atoms with Crippen molar-refractivity contribution in [2.75, 3.05) is 37.3 Å². The quantitative estimate of drug-likeness (QED) is 0.213. The van der Waals surface area contributed by atoms with Gasteiger partial charge >= 0.3 is 18.2 Å². The van der Waals surface area contributed by atoms with E-state index in [1.807, 2.05) is 25.5 Å². The minimum atomic E-state index is -4.62. The van der Waals surface area contributed by atoms with Crippen LogP contribution in [-0.4, -0.2) is 93.9 Å². The number of fused-ring (bicyclic) bond motifs is 2. The third kappa shape index (κ3) is 10.3. The zero-order chi connectivity index (χ0) is 43.2. The van der Waals surface area contributed by atoms with E-state index in [0.29, 0.717) is 58.1 Å². The van der Waals surface area contributed by atoms with Crippen LogP contribution >= 0.6 is 11.6 Å². The lowest BCUT2D eigenvalue weighted by Gasteiger charge is -2.31. The van der Waals surface area contributed by atoms with Crippen molar-refractivity contribution in [2.45, 2.75) is 113 Å². The van der Waals surface area contributed by atoms with E-state index in [9.17, 15) is 49.2 Å². The number of carbonyl (C=O) groups excluding carboxylic acids is 4. The van der Waals surface area contributed by atoms with Crippen LogP contribution in [0.1, 0.15) is 105 Å². The number of nitrogens with zero attached hydrogens (tertiary/aromatic N) is 2. The molecule has 0 bridgehead atoms. The highest BCUT2D eigenvalue weighted by Crippen LogP contribution is 2.44. The number of piperidine rings is 2. The van der Waals surface area contributed by atoms with Crippen molar-refractivity contribution < 1.29 is 49.2 Å². The number of aryl methyl sites for hydroxylation is 1. The van der Waals surface area contributed by atoms with Gasteiger partial charge in [-0.05, 0) is 115 Å². The molecule has 2 saturated heterocycles. The van der Waals surface area contributed by atoms with E-state index in [4.69, 9.17) is 11.6 Å². The molecule has 4 unspecified atom stereocenters. The van der Waals surface area contributed by atoms with Crippen LogP contribution in [-0.2, 0) is 55.3 Å². The van der Waals surface area contributed by atoms with E-state index >= 15 is 0 Å². The Morgan fingerprint density at radius 3 is 1.98 bits per heavy atom. The topological polar surface area (TPSA) is 191 Å². The van der Waals surface area contributed by atoms with E-state index in [2.05, 4.69) is 21.4 Å². The van der Waals surface area contributed by atoms with Crippen LogP contribution in [0, 0.1) is 5.92 Å². The molecule has 4 aliphatic rings. The summed E-state index contributed by atoms with van der Waals surface area (Å²) in [4.78, 5) is 53.3. The normalized spacial score (nSPS) is 21.6. The second-order valence-corrected chi connectivity index (χ2v) is 20.9. The van der Waals surface area contributed by atoms with Crippen LogP contribution in [0.3, 0.4) is 0 Å². The van der Waals surface area contributed by atoms with Crippen LogP contribution in [0.25, 0.3) is 0 Å². The molecule has 2 aliphatic heterocycles. The fourth-order valence-electron chi connectivity index (χ4n) is 8.90. The number of hydrogen-bond acceptors (Lipinski definition) is 8. The number of halogens is 4. The summed E-state index contributed by atoms with van der Waals surface area (Å²) < 4.78 is 95.5. The van der Waals surface area contributed by atoms with Gasteiger partial charge in [-0.3, -0.25) is 9.59 Å². The molecule has 0 saturated carbocycles. The van der Waals surface area contributed by atoms with Gasteiger partial charge in [-0.25, -0.2) is 35.9 Å². The first-order chi connectivity index (χ1) is 27.5. The Kier molecular flexibility index (Phi) is 12.9. The predicted molar refractivity (Wildman–Crippen MR) is 216 cm³/mol. The van der Waals surface area contributed by atoms with E-state index in [0.717, 1.165) is 35.1 Å². The SMILES string of the molecule is CC(C)c1cc(Cl)cc(C(C)CC2Cc3cc4c(c(NC(=O)NS(=O)(=O)C5CCN(CC(F)(F)F)C(=O)C5)c3C2)CCC4)c1NC(=O)NS(=O)(=O)C1CCN(C)C(=O)C1. The number of nitrogens with one attached hydrogen (secondary N) is 4. The summed E-state index contributed by atoms with van der Waals surface area (Å²) in [7, 11) is -7.00. The molecule has 2 aliphatic carbocycles. The van der Waals surface area contributed by atoms with Gasteiger partial charge in [0.1, 0.15) is 6.54 Å². The van der Waals surface area contributed by atoms with Crippen LogP contribution in [0.2, 0.25) is 5.02 Å². The zero-order valence-electron chi connectivity index (χ0n) is 33.3. The summed E-state index contributed by atoms with van der Waals surface area (Å²) in [5.41, 5.74) is 6.21. The number of hydrogen-bond donors (Lipinski definition) is 4. The first-order valence-electron chi connectivity index (χ1n) is 19.7. The van der Waals surface area contributed by atoms with Gasteiger partial charge in [0.05, 0.1) is 10.5 Å². The molecule has 0 aromatic heterocycles. The van der Waals surface area contributed by atoms with Crippen molar-refractivity contribution in [3.8, 4) is 0 Å². The summed E-state index contributed by atoms with van der Waals surface area (Å²) in [6, 6.07) is 3.64. The van der Waals surface area contributed by atoms with Crippen molar-refractivity contribution in [3.05, 3.63) is 56.6 Å². The molecule has 324 valence electrons. The minimum absolute atomic E-state index is 0.0493. The third-order valence-electron chi connectivity index (χ3n) is 11.9. The number of alkyl halides is 3. The van der Waals surface area contributed by atoms with Gasteiger partial charge in [-0.15, -0.1) is 0 Å². The molecule has 2 aromatic carbocycles. The molecule has 14 nitrogen and oxygen atoms in total. The Morgan fingerprint density at radius 1 is 0.797 bits per heavy atom. The summed E-state index contributed by atoms with van der Waals surface area (Å²) in [5.74, 6) is -1.54. The van der Waals surface area contributed by atoms with Crippen LogP contribution in [0.15, 0.2) is 18.2 Å². The smallest absolute Gasteiger partial charge is 0.346 e. The Balaban J connectivity index is 1.16. The summed E-state index contributed by atoms with van der Waals surface area (Å²) in [5, 5.41) is 3.60.